The molecule has 24 heavy (non-hydrogen) atoms. The zero-order chi connectivity index (χ0) is 17.3. The Labute approximate surface area is 139 Å². The van der Waals surface area contributed by atoms with E-state index < -0.39 is 11.6 Å². The van der Waals surface area contributed by atoms with Crippen LogP contribution in [0.4, 0.5) is 14.5 Å². The first-order valence-corrected chi connectivity index (χ1v) is 7.65. The van der Waals surface area contributed by atoms with E-state index in [0.717, 1.165) is 28.5 Å². The van der Waals surface area contributed by atoms with Crippen LogP contribution in [0.5, 0.6) is 0 Å². The lowest BCUT2D eigenvalue weighted by atomic mass is 9.98. The number of benzene rings is 2. The van der Waals surface area contributed by atoms with Gasteiger partial charge in [-0.05, 0) is 54.3 Å². The Hall–Kier alpha value is -2.93. The van der Waals surface area contributed by atoms with Crippen molar-refractivity contribution in [3.05, 3.63) is 77.0 Å². The van der Waals surface area contributed by atoms with Crippen LogP contribution >= 0.6 is 0 Å². The maximum Gasteiger partial charge on any atom is 0.166 e. The molecule has 1 N–H and O–H groups in total. The van der Waals surface area contributed by atoms with Gasteiger partial charge in [0, 0.05) is 17.5 Å². The van der Waals surface area contributed by atoms with Crippen LogP contribution in [0.1, 0.15) is 12.5 Å². The molecule has 0 saturated heterocycles. The van der Waals surface area contributed by atoms with Gasteiger partial charge in [-0.25, -0.2) is 8.78 Å². The molecular weight excluding hydrogens is 306 g/mol. The van der Waals surface area contributed by atoms with Crippen molar-refractivity contribution in [3.8, 4) is 17.2 Å². The maximum absolute atomic E-state index is 14.1. The molecule has 0 fully saturated rings. The summed E-state index contributed by atoms with van der Waals surface area (Å²) >= 11 is 0. The van der Waals surface area contributed by atoms with Crippen molar-refractivity contribution < 1.29 is 8.78 Å². The summed E-state index contributed by atoms with van der Waals surface area (Å²) in [6.45, 7) is 3.71. The van der Waals surface area contributed by atoms with Gasteiger partial charge in [-0.3, -0.25) is 0 Å². The highest BCUT2D eigenvalue weighted by molar-refractivity contribution is 5.75. The zero-order valence-corrected chi connectivity index (χ0v) is 13.4. The second-order valence-electron chi connectivity index (χ2n) is 5.77. The highest BCUT2D eigenvalue weighted by Gasteiger charge is 2.22. The van der Waals surface area contributed by atoms with Gasteiger partial charge < -0.3 is 5.32 Å². The van der Waals surface area contributed by atoms with E-state index in [2.05, 4.69) is 11.4 Å². The van der Waals surface area contributed by atoms with E-state index in [4.69, 9.17) is 5.26 Å². The average Bonchev–Trinajstić information content (AvgIpc) is 3.36. The van der Waals surface area contributed by atoms with E-state index >= 15 is 0 Å². The fourth-order valence-electron chi connectivity index (χ4n) is 2.65. The van der Waals surface area contributed by atoms with Crippen molar-refractivity contribution >= 4 is 5.69 Å². The number of hydrogen-bond donors (Lipinski definition) is 1. The molecule has 0 heterocycles. The standard InChI is InChI=1S/C20H16F2N2/c1-12(10-23)17-9-14(17)11-24-19-8-4-5-15(13(19)2)16-6-3-7-18(21)20(16)22/h3-9,11-12,24H,1-2H3/b14-11+. The first kappa shape index (κ1) is 15.9. The van der Waals surface area contributed by atoms with Crippen molar-refractivity contribution in [2.45, 2.75) is 13.8 Å². The van der Waals surface area contributed by atoms with E-state index in [9.17, 15) is 8.78 Å². The summed E-state index contributed by atoms with van der Waals surface area (Å²) in [5.74, 6) is -1.82. The summed E-state index contributed by atoms with van der Waals surface area (Å²) in [5, 5.41) is 12.1. The Morgan fingerprint density at radius 3 is 2.58 bits per heavy atom. The highest BCUT2D eigenvalue weighted by Crippen LogP contribution is 2.35. The Kier molecular flexibility index (Phi) is 4.18. The van der Waals surface area contributed by atoms with Crippen LogP contribution in [0.25, 0.3) is 11.1 Å². The molecule has 1 atom stereocenters. The fraction of sp³-hybridized carbons (Fsp3) is 0.150. The predicted octanol–water partition coefficient (Wildman–Crippen LogP) is 5.34. The van der Waals surface area contributed by atoms with Crippen LogP contribution in [0.2, 0.25) is 0 Å². The monoisotopic (exact) mass is 322 g/mol. The van der Waals surface area contributed by atoms with Crippen LogP contribution in [0.15, 0.2) is 59.8 Å². The molecule has 0 amide bonds. The topological polar surface area (TPSA) is 35.8 Å². The van der Waals surface area contributed by atoms with E-state index in [1.54, 1.807) is 18.2 Å². The van der Waals surface area contributed by atoms with Crippen molar-refractivity contribution in [3.63, 3.8) is 0 Å². The summed E-state index contributed by atoms with van der Waals surface area (Å²) in [4.78, 5) is 0. The summed E-state index contributed by atoms with van der Waals surface area (Å²) in [6.07, 6.45) is 3.78. The van der Waals surface area contributed by atoms with Gasteiger partial charge in [-0.2, -0.15) is 5.26 Å². The molecule has 0 radical (unpaired) electrons. The first-order chi connectivity index (χ1) is 11.5. The Morgan fingerprint density at radius 2 is 1.83 bits per heavy atom. The van der Waals surface area contributed by atoms with Gasteiger partial charge in [0.05, 0.1) is 12.0 Å². The molecule has 2 aromatic carbocycles. The smallest absolute Gasteiger partial charge is 0.166 e. The number of rotatable bonds is 4. The van der Waals surface area contributed by atoms with Gasteiger partial charge in [0.2, 0.25) is 0 Å². The summed E-state index contributed by atoms with van der Waals surface area (Å²) < 4.78 is 27.5. The summed E-state index contributed by atoms with van der Waals surface area (Å²) in [6, 6.07) is 11.8. The molecular formula is C20H16F2N2. The molecule has 0 aromatic heterocycles. The minimum Gasteiger partial charge on any atom is -0.361 e. The molecule has 0 spiro atoms. The van der Waals surface area contributed by atoms with Crippen LogP contribution in [-0.4, -0.2) is 0 Å². The Balaban J connectivity index is 1.87. The normalized spacial score (nSPS) is 15.6. The number of halogens is 2. The summed E-state index contributed by atoms with van der Waals surface area (Å²) in [5.41, 5.74) is 4.56. The van der Waals surface area contributed by atoms with E-state index in [0.29, 0.717) is 5.56 Å². The molecule has 1 unspecified atom stereocenters. The molecule has 2 nitrogen and oxygen atoms in total. The number of anilines is 1. The van der Waals surface area contributed by atoms with E-state index in [-0.39, 0.29) is 11.5 Å². The van der Waals surface area contributed by atoms with E-state index in [1.165, 1.54) is 6.07 Å². The minimum atomic E-state index is -0.857. The van der Waals surface area contributed by atoms with Crippen molar-refractivity contribution in [2.24, 2.45) is 5.92 Å². The van der Waals surface area contributed by atoms with Crippen LogP contribution < -0.4 is 5.32 Å². The van der Waals surface area contributed by atoms with Gasteiger partial charge in [0.25, 0.3) is 0 Å². The largest absolute Gasteiger partial charge is 0.361 e. The van der Waals surface area contributed by atoms with Gasteiger partial charge in [-0.15, -0.1) is 0 Å². The number of nitriles is 1. The lowest BCUT2D eigenvalue weighted by Crippen LogP contribution is -1.96. The fourth-order valence-corrected chi connectivity index (χ4v) is 2.65. The SMILES string of the molecule is Cc1c(N/C=C2C=C\2C(C)C#N)cccc1-c1cccc(F)c1F. The van der Waals surface area contributed by atoms with Gasteiger partial charge in [0.1, 0.15) is 0 Å². The van der Waals surface area contributed by atoms with Crippen LogP contribution in [0.3, 0.4) is 0 Å². The number of nitrogens with one attached hydrogen (secondary N) is 1. The maximum atomic E-state index is 14.1. The van der Waals surface area contributed by atoms with Crippen molar-refractivity contribution in [1.82, 2.24) is 0 Å². The van der Waals surface area contributed by atoms with E-state index in [1.807, 2.05) is 32.2 Å². The molecule has 4 heteroatoms. The molecule has 1 aliphatic rings. The number of hydrogen-bond acceptors (Lipinski definition) is 2. The van der Waals surface area contributed by atoms with Crippen molar-refractivity contribution in [1.29, 1.82) is 5.26 Å². The molecule has 1 aliphatic carbocycles. The third kappa shape index (κ3) is 2.93. The number of nitrogens with zero attached hydrogens (tertiary/aromatic N) is 1. The third-order valence-electron chi connectivity index (χ3n) is 4.18. The predicted molar refractivity (Wildman–Crippen MR) is 91.1 cm³/mol. The quantitative estimate of drug-likeness (QED) is 0.825. The molecule has 120 valence electrons. The lowest BCUT2D eigenvalue weighted by Gasteiger charge is -2.12. The first-order valence-electron chi connectivity index (χ1n) is 7.65. The zero-order valence-electron chi connectivity index (χ0n) is 13.4. The Morgan fingerprint density at radius 1 is 1.12 bits per heavy atom. The minimum absolute atomic E-state index is 0.119. The highest BCUT2D eigenvalue weighted by atomic mass is 19.2. The van der Waals surface area contributed by atoms with Gasteiger partial charge >= 0.3 is 0 Å². The molecule has 0 bridgehead atoms. The Bertz CT molecular complexity index is 904. The summed E-state index contributed by atoms with van der Waals surface area (Å²) in [7, 11) is 0. The van der Waals surface area contributed by atoms with Crippen LogP contribution in [-0.2, 0) is 0 Å². The lowest BCUT2D eigenvalue weighted by molar-refractivity contribution is 0.511. The second kappa shape index (κ2) is 6.29. The second-order valence-corrected chi connectivity index (χ2v) is 5.77. The average molecular weight is 322 g/mol. The molecule has 0 saturated carbocycles. The van der Waals surface area contributed by atoms with Crippen LogP contribution in [0, 0.1) is 35.8 Å². The van der Waals surface area contributed by atoms with Gasteiger partial charge in [-0.1, -0.05) is 24.3 Å². The van der Waals surface area contributed by atoms with Crippen molar-refractivity contribution in [2.75, 3.05) is 5.32 Å². The molecule has 2 aromatic rings. The molecule has 3 rings (SSSR count). The van der Waals surface area contributed by atoms with Gasteiger partial charge in [0.15, 0.2) is 11.6 Å². The molecule has 0 aliphatic heterocycles. The number of allylic oxidation sites excluding steroid dienone is 3. The third-order valence-corrected chi connectivity index (χ3v) is 4.18.